The summed E-state index contributed by atoms with van der Waals surface area (Å²) in [4.78, 5) is 41.3. The molecule has 0 spiro atoms. The molecule has 1 saturated heterocycles. The third kappa shape index (κ3) is 3.69. The van der Waals surface area contributed by atoms with E-state index in [1.54, 1.807) is 24.3 Å². The summed E-state index contributed by atoms with van der Waals surface area (Å²) in [6.07, 6.45) is 2.43. The van der Waals surface area contributed by atoms with Gasteiger partial charge in [0, 0.05) is 23.3 Å². The Kier molecular flexibility index (Phi) is 5.37. The average Bonchev–Trinajstić information content (AvgIpc) is 2.71. The van der Waals surface area contributed by atoms with Crippen LogP contribution in [0.3, 0.4) is 0 Å². The maximum Gasteiger partial charge on any atom is 0.335 e. The Hall–Kier alpha value is -3.12. The van der Waals surface area contributed by atoms with E-state index in [-0.39, 0.29) is 17.0 Å². The van der Waals surface area contributed by atoms with Gasteiger partial charge in [0.1, 0.15) is 5.57 Å². The number of nitrogens with one attached hydrogen (secondary N) is 1. The number of carbonyl (C=O) groups is 3. The van der Waals surface area contributed by atoms with Crippen molar-refractivity contribution in [2.45, 2.75) is 45.6 Å². The molecule has 0 saturated carbocycles. The van der Waals surface area contributed by atoms with Crippen molar-refractivity contribution in [2.24, 2.45) is 0 Å². The number of imide groups is 2. The molecule has 2 aromatic carbocycles. The third-order valence-corrected chi connectivity index (χ3v) is 6.77. The number of rotatable bonds is 2. The first-order chi connectivity index (χ1) is 15.0. The third-order valence-electron chi connectivity index (χ3n) is 6.45. The second kappa shape index (κ2) is 7.78. The van der Waals surface area contributed by atoms with Crippen LogP contribution in [0.2, 0.25) is 5.02 Å². The van der Waals surface area contributed by atoms with Crippen LogP contribution in [0.15, 0.2) is 42.0 Å². The molecule has 0 bridgehead atoms. The second-order valence-corrected chi connectivity index (χ2v) is 9.61. The van der Waals surface area contributed by atoms with Crippen molar-refractivity contribution < 1.29 is 14.4 Å². The predicted octanol–water partition coefficient (Wildman–Crippen LogP) is 5.04. The largest absolute Gasteiger partial charge is 0.369 e. The van der Waals surface area contributed by atoms with Crippen LogP contribution in [-0.2, 0) is 9.59 Å². The Morgan fingerprint density at radius 1 is 1.12 bits per heavy atom. The van der Waals surface area contributed by atoms with E-state index >= 15 is 0 Å². The Morgan fingerprint density at radius 2 is 1.78 bits per heavy atom. The highest BCUT2D eigenvalue weighted by Crippen LogP contribution is 2.44. The van der Waals surface area contributed by atoms with E-state index in [9.17, 15) is 14.4 Å². The number of barbiturate groups is 1. The lowest BCUT2D eigenvalue weighted by Crippen LogP contribution is -2.54. The molecule has 6 nitrogen and oxygen atoms in total. The lowest BCUT2D eigenvalue weighted by Gasteiger charge is -2.45. The molecule has 1 fully saturated rings. The Morgan fingerprint density at radius 3 is 2.44 bits per heavy atom. The molecule has 2 aliphatic rings. The van der Waals surface area contributed by atoms with Crippen LogP contribution in [-0.4, -0.2) is 30.4 Å². The number of hydrogen-bond acceptors (Lipinski definition) is 4. The van der Waals surface area contributed by atoms with Gasteiger partial charge < -0.3 is 4.90 Å². The first kappa shape index (κ1) is 22.1. The first-order valence-electron chi connectivity index (χ1n) is 10.5. The van der Waals surface area contributed by atoms with Crippen LogP contribution >= 0.6 is 11.6 Å². The minimum Gasteiger partial charge on any atom is -0.369 e. The summed E-state index contributed by atoms with van der Waals surface area (Å²) in [5.41, 5.74) is 3.96. The molecule has 166 valence electrons. The van der Waals surface area contributed by atoms with Crippen LogP contribution < -0.4 is 15.1 Å². The Balaban J connectivity index is 1.77. The number of nitrogens with zero attached hydrogens (tertiary/aromatic N) is 2. The van der Waals surface area contributed by atoms with Crippen molar-refractivity contribution in [3.63, 3.8) is 0 Å². The van der Waals surface area contributed by atoms with Gasteiger partial charge >= 0.3 is 6.03 Å². The highest BCUT2D eigenvalue weighted by atomic mass is 35.5. The number of anilines is 2. The molecule has 2 aliphatic heterocycles. The quantitative estimate of drug-likeness (QED) is 0.513. The van der Waals surface area contributed by atoms with Gasteiger partial charge in [-0.1, -0.05) is 36.2 Å². The predicted molar refractivity (Wildman–Crippen MR) is 127 cm³/mol. The van der Waals surface area contributed by atoms with Gasteiger partial charge in [0.05, 0.1) is 5.69 Å². The van der Waals surface area contributed by atoms with Crippen molar-refractivity contribution >= 4 is 46.9 Å². The number of amides is 4. The van der Waals surface area contributed by atoms with Crippen molar-refractivity contribution in [1.82, 2.24) is 5.32 Å². The maximum absolute atomic E-state index is 13.2. The van der Waals surface area contributed by atoms with Crippen molar-refractivity contribution in [3.8, 4) is 0 Å². The minimum absolute atomic E-state index is 0.0101. The second-order valence-electron chi connectivity index (χ2n) is 9.20. The Bertz CT molecular complexity index is 1170. The van der Waals surface area contributed by atoms with Crippen LogP contribution in [0.4, 0.5) is 16.2 Å². The van der Waals surface area contributed by atoms with Gasteiger partial charge in [-0.3, -0.25) is 14.9 Å². The van der Waals surface area contributed by atoms with Gasteiger partial charge in [0.25, 0.3) is 11.8 Å². The molecule has 4 amide bonds. The van der Waals surface area contributed by atoms with Gasteiger partial charge in [0.15, 0.2) is 0 Å². The molecule has 1 N–H and O–H groups in total. The van der Waals surface area contributed by atoms with Crippen LogP contribution in [0.5, 0.6) is 0 Å². The molecular weight excluding hydrogens is 426 g/mol. The van der Waals surface area contributed by atoms with Gasteiger partial charge in [-0.25, -0.2) is 9.69 Å². The van der Waals surface area contributed by atoms with Gasteiger partial charge in [-0.05, 0) is 74.6 Å². The van der Waals surface area contributed by atoms with Gasteiger partial charge in [-0.2, -0.15) is 0 Å². The molecule has 2 heterocycles. The lowest BCUT2D eigenvalue weighted by molar-refractivity contribution is -0.122. The van der Waals surface area contributed by atoms with E-state index in [1.165, 1.54) is 6.08 Å². The summed E-state index contributed by atoms with van der Waals surface area (Å²) in [6.45, 7) is 8.46. The molecule has 4 rings (SSSR count). The van der Waals surface area contributed by atoms with Crippen molar-refractivity contribution in [2.75, 3.05) is 16.8 Å². The zero-order chi connectivity index (χ0) is 23.4. The zero-order valence-corrected chi connectivity index (χ0v) is 19.6. The molecule has 0 aliphatic carbocycles. The molecule has 2 aromatic rings. The SMILES string of the molecule is Cc1ccc(N2C(=O)NC(=O)/C(=C\c3cc4c(cc3Cl)N(C)C(C)(C)C[C@H]4C)C2=O)cc1. The highest BCUT2D eigenvalue weighted by molar-refractivity contribution is 6.40. The molecular formula is C25H26ClN3O3. The van der Waals surface area contributed by atoms with Crippen LogP contribution in [0, 0.1) is 6.92 Å². The number of carbonyl (C=O) groups excluding carboxylic acids is 3. The molecule has 0 unspecified atom stereocenters. The van der Waals surface area contributed by atoms with Crippen LogP contribution in [0.1, 0.15) is 49.8 Å². The summed E-state index contributed by atoms with van der Waals surface area (Å²) in [7, 11) is 2.04. The number of fused-ring (bicyclic) bond motifs is 1. The number of halogens is 1. The molecule has 32 heavy (non-hydrogen) atoms. The fourth-order valence-corrected chi connectivity index (χ4v) is 4.67. The van der Waals surface area contributed by atoms with E-state index in [4.69, 9.17) is 11.6 Å². The van der Waals surface area contributed by atoms with E-state index in [1.807, 2.05) is 26.1 Å². The van der Waals surface area contributed by atoms with E-state index < -0.39 is 17.8 Å². The number of hydrogen-bond donors (Lipinski definition) is 1. The standard InChI is InChI=1S/C25H26ClN3O3/c1-14-6-8-17(9-7-14)29-23(31)19(22(30)27-24(29)32)11-16-10-18-15(2)13-25(3,4)28(5)21(18)12-20(16)26/h6-12,15H,13H2,1-5H3,(H,27,30,32)/b19-11+/t15-/m1/s1. The topological polar surface area (TPSA) is 69.7 Å². The molecule has 0 aromatic heterocycles. The monoisotopic (exact) mass is 451 g/mol. The van der Waals surface area contributed by atoms with E-state index in [0.717, 1.165) is 28.1 Å². The van der Waals surface area contributed by atoms with E-state index in [0.29, 0.717) is 16.3 Å². The summed E-state index contributed by atoms with van der Waals surface area (Å²) < 4.78 is 0. The summed E-state index contributed by atoms with van der Waals surface area (Å²) >= 11 is 6.59. The van der Waals surface area contributed by atoms with Crippen LogP contribution in [0.25, 0.3) is 6.08 Å². The number of urea groups is 1. The van der Waals surface area contributed by atoms with E-state index in [2.05, 4.69) is 31.0 Å². The fraction of sp³-hybridized carbons (Fsp3) is 0.320. The highest BCUT2D eigenvalue weighted by Gasteiger charge is 2.38. The molecule has 0 radical (unpaired) electrons. The average molecular weight is 452 g/mol. The zero-order valence-electron chi connectivity index (χ0n) is 18.8. The van der Waals surface area contributed by atoms with Crippen molar-refractivity contribution in [1.29, 1.82) is 0 Å². The minimum atomic E-state index is -0.769. The smallest absolute Gasteiger partial charge is 0.335 e. The summed E-state index contributed by atoms with van der Waals surface area (Å²) in [5.74, 6) is -1.13. The molecule has 7 heteroatoms. The summed E-state index contributed by atoms with van der Waals surface area (Å²) in [6, 6.07) is 10.0. The van der Waals surface area contributed by atoms with Gasteiger partial charge in [0.2, 0.25) is 0 Å². The Labute approximate surface area is 192 Å². The first-order valence-corrected chi connectivity index (χ1v) is 10.9. The number of benzene rings is 2. The fourth-order valence-electron chi connectivity index (χ4n) is 4.46. The summed E-state index contributed by atoms with van der Waals surface area (Å²) in [5, 5.41) is 2.70. The maximum atomic E-state index is 13.2. The normalized spacial score (nSPS) is 21.6. The number of aryl methyl sites for hydroxylation is 1. The molecule has 1 atom stereocenters. The van der Waals surface area contributed by atoms with Gasteiger partial charge in [-0.15, -0.1) is 0 Å². The van der Waals surface area contributed by atoms with Crippen molar-refractivity contribution in [3.05, 3.63) is 63.7 Å². The lowest BCUT2D eigenvalue weighted by atomic mass is 9.80.